The van der Waals surface area contributed by atoms with Gasteiger partial charge in [0, 0.05) is 31.3 Å². The van der Waals surface area contributed by atoms with Gasteiger partial charge in [0.2, 0.25) is 5.91 Å². The first-order valence-corrected chi connectivity index (χ1v) is 12.6. The Bertz CT molecular complexity index is 1330. The molecular weight excluding hydrogens is 466 g/mol. The van der Waals surface area contributed by atoms with Gasteiger partial charge in [-0.15, -0.1) is 0 Å². The van der Waals surface area contributed by atoms with Crippen molar-refractivity contribution in [2.24, 2.45) is 0 Å². The molecule has 0 saturated carbocycles. The SMILES string of the molecule is CC(=O)N(c1ccc(C)c(C(=O)N[C@H](C)c2cccc3ccccc23)c1)C1CN(C(=O)OC(C)(C)C)C1. The summed E-state index contributed by atoms with van der Waals surface area (Å²) < 4.78 is 5.43. The van der Waals surface area contributed by atoms with Crippen LogP contribution in [0.25, 0.3) is 10.8 Å². The Morgan fingerprint density at radius 3 is 2.38 bits per heavy atom. The summed E-state index contributed by atoms with van der Waals surface area (Å²) in [6, 6.07) is 19.3. The van der Waals surface area contributed by atoms with Crippen LogP contribution in [0.15, 0.2) is 60.7 Å². The quantitative estimate of drug-likeness (QED) is 0.493. The van der Waals surface area contributed by atoms with Crippen LogP contribution in [-0.2, 0) is 9.53 Å². The van der Waals surface area contributed by atoms with Gasteiger partial charge in [-0.2, -0.15) is 0 Å². The maximum atomic E-state index is 13.4. The van der Waals surface area contributed by atoms with Crippen LogP contribution < -0.4 is 10.2 Å². The summed E-state index contributed by atoms with van der Waals surface area (Å²) in [5, 5.41) is 5.35. The van der Waals surface area contributed by atoms with Crippen molar-refractivity contribution in [3.8, 4) is 0 Å². The van der Waals surface area contributed by atoms with Crippen LogP contribution in [0, 0.1) is 6.92 Å². The number of amides is 3. The van der Waals surface area contributed by atoms with Gasteiger partial charge < -0.3 is 19.9 Å². The number of benzene rings is 3. The molecule has 0 aromatic heterocycles. The number of aryl methyl sites for hydroxylation is 1. The first-order valence-electron chi connectivity index (χ1n) is 12.6. The maximum absolute atomic E-state index is 13.4. The first kappa shape index (κ1) is 26.2. The molecule has 7 nitrogen and oxygen atoms in total. The molecule has 1 aliphatic heterocycles. The van der Waals surface area contributed by atoms with Gasteiger partial charge in [0.25, 0.3) is 5.91 Å². The number of carbonyl (C=O) groups excluding carboxylic acids is 3. The molecule has 37 heavy (non-hydrogen) atoms. The molecule has 0 spiro atoms. The lowest BCUT2D eigenvalue weighted by atomic mass is 9.99. The van der Waals surface area contributed by atoms with Gasteiger partial charge in [0.05, 0.1) is 12.1 Å². The van der Waals surface area contributed by atoms with E-state index in [1.165, 1.54) is 6.92 Å². The molecule has 1 heterocycles. The van der Waals surface area contributed by atoms with Crippen LogP contribution >= 0.6 is 0 Å². The Balaban J connectivity index is 1.51. The first-order chi connectivity index (χ1) is 17.4. The summed E-state index contributed by atoms with van der Waals surface area (Å²) in [5.74, 6) is -0.347. The summed E-state index contributed by atoms with van der Waals surface area (Å²) in [6.07, 6.45) is -0.390. The number of fused-ring (bicyclic) bond motifs is 1. The van der Waals surface area contributed by atoms with Crippen LogP contribution in [0.1, 0.15) is 62.1 Å². The van der Waals surface area contributed by atoms with E-state index in [-0.39, 0.29) is 23.9 Å². The van der Waals surface area contributed by atoms with Crippen molar-refractivity contribution in [2.75, 3.05) is 18.0 Å². The predicted octanol–water partition coefficient (Wildman–Crippen LogP) is 5.61. The third kappa shape index (κ3) is 5.77. The van der Waals surface area contributed by atoms with E-state index in [0.29, 0.717) is 24.3 Å². The summed E-state index contributed by atoms with van der Waals surface area (Å²) >= 11 is 0. The molecule has 1 saturated heterocycles. The van der Waals surface area contributed by atoms with Crippen molar-refractivity contribution >= 4 is 34.4 Å². The number of likely N-dealkylation sites (tertiary alicyclic amines) is 1. The van der Waals surface area contributed by atoms with Gasteiger partial charge in [0.1, 0.15) is 5.60 Å². The molecule has 1 fully saturated rings. The van der Waals surface area contributed by atoms with Crippen LogP contribution in [0.2, 0.25) is 0 Å². The third-order valence-corrected chi connectivity index (χ3v) is 6.60. The zero-order valence-electron chi connectivity index (χ0n) is 22.4. The summed E-state index contributed by atoms with van der Waals surface area (Å²) in [5.41, 5.74) is 2.43. The van der Waals surface area contributed by atoms with Crippen LogP contribution in [0.4, 0.5) is 10.5 Å². The molecule has 1 atom stereocenters. The van der Waals surface area contributed by atoms with Crippen molar-refractivity contribution in [1.82, 2.24) is 10.2 Å². The lowest BCUT2D eigenvalue weighted by molar-refractivity contribution is -0.117. The Morgan fingerprint density at radius 2 is 1.70 bits per heavy atom. The highest BCUT2D eigenvalue weighted by molar-refractivity contribution is 5.99. The monoisotopic (exact) mass is 501 g/mol. The summed E-state index contributed by atoms with van der Waals surface area (Å²) in [4.78, 5) is 41.6. The zero-order valence-corrected chi connectivity index (χ0v) is 22.4. The Kier molecular flexibility index (Phi) is 7.25. The molecule has 3 aromatic carbocycles. The van der Waals surface area contributed by atoms with E-state index < -0.39 is 11.7 Å². The van der Waals surface area contributed by atoms with E-state index in [9.17, 15) is 14.4 Å². The van der Waals surface area contributed by atoms with E-state index in [0.717, 1.165) is 21.9 Å². The average Bonchev–Trinajstić information content (AvgIpc) is 2.79. The molecule has 0 aliphatic carbocycles. The highest BCUT2D eigenvalue weighted by Crippen LogP contribution is 2.28. The second-order valence-electron chi connectivity index (χ2n) is 10.7. The molecule has 0 unspecified atom stereocenters. The van der Waals surface area contributed by atoms with Gasteiger partial charge >= 0.3 is 6.09 Å². The standard InChI is InChI=1S/C30H35N3O4/c1-19-14-15-23(33(21(3)34)24-17-32(18-24)29(36)37-30(4,5)6)16-27(19)28(35)31-20(2)25-13-9-11-22-10-7-8-12-26(22)25/h7-16,20,24H,17-18H2,1-6H3,(H,31,35)/t20-/m1/s1. The highest BCUT2D eigenvalue weighted by atomic mass is 16.6. The third-order valence-electron chi connectivity index (χ3n) is 6.60. The lowest BCUT2D eigenvalue weighted by Crippen LogP contribution is -2.63. The Labute approximate surface area is 218 Å². The predicted molar refractivity (Wildman–Crippen MR) is 146 cm³/mol. The largest absolute Gasteiger partial charge is 0.444 e. The summed E-state index contributed by atoms with van der Waals surface area (Å²) in [7, 11) is 0. The number of nitrogens with zero attached hydrogens (tertiary/aromatic N) is 2. The molecule has 3 amide bonds. The summed E-state index contributed by atoms with van der Waals surface area (Å²) in [6.45, 7) is 11.6. The van der Waals surface area contributed by atoms with Gasteiger partial charge in [-0.1, -0.05) is 48.5 Å². The molecular formula is C30H35N3O4. The van der Waals surface area contributed by atoms with Gasteiger partial charge in [-0.25, -0.2) is 4.79 Å². The van der Waals surface area contributed by atoms with E-state index in [1.54, 1.807) is 15.9 Å². The van der Waals surface area contributed by atoms with Gasteiger partial charge in [-0.3, -0.25) is 9.59 Å². The Morgan fingerprint density at radius 1 is 1.03 bits per heavy atom. The average molecular weight is 502 g/mol. The minimum atomic E-state index is -0.579. The van der Waals surface area contributed by atoms with Crippen molar-refractivity contribution in [2.45, 2.75) is 59.2 Å². The van der Waals surface area contributed by atoms with Crippen molar-refractivity contribution < 1.29 is 19.1 Å². The minimum Gasteiger partial charge on any atom is -0.444 e. The number of rotatable bonds is 5. The molecule has 1 N–H and O–H groups in total. The smallest absolute Gasteiger partial charge is 0.410 e. The van der Waals surface area contributed by atoms with Crippen LogP contribution in [0.3, 0.4) is 0 Å². The number of nitrogens with one attached hydrogen (secondary N) is 1. The van der Waals surface area contributed by atoms with Gasteiger partial charge in [-0.05, 0) is 68.7 Å². The fraction of sp³-hybridized carbons (Fsp3) is 0.367. The second kappa shape index (κ2) is 10.2. The van der Waals surface area contributed by atoms with E-state index in [1.807, 2.05) is 71.0 Å². The van der Waals surface area contributed by atoms with E-state index in [2.05, 4.69) is 23.5 Å². The molecule has 4 rings (SSSR count). The van der Waals surface area contributed by atoms with Crippen LogP contribution in [-0.4, -0.2) is 47.5 Å². The normalized spacial score (nSPS) is 14.6. The van der Waals surface area contributed by atoms with Crippen molar-refractivity contribution in [3.63, 3.8) is 0 Å². The number of ether oxygens (including phenoxy) is 1. The molecule has 0 bridgehead atoms. The van der Waals surface area contributed by atoms with E-state index >= 15 is 0 Å². The second-order valence-corrected chi connectivity index (χ2v) is 10.7. The molecule has 0 radical (unpaired) electrons. The number of hydrogen-bond donors (Lipinski definition) is 1. The highest BCUT2D eigenvalue weighted by Gasteiger charge is 2.39. The fourth-order valence-electron chi connectivity index (χ4n) is 4.73. The minimum absolute atomic E-state index is 0.145. The maximum Gasteiger partial charge on any atom is 0.410 e. The van der Waals surface area contributed by atoms with E-state index in [4.69, 9.17) is 4.74 Å². The molecule has 3 aromatic rings. The topological polar surface area (TPSA) is 79.0 Å². The van der Waals surface area contributed by atoms with Crippen LogP contribution in [0.5, 0.6) is 0 Å². The Hall–Kier alpha value is -3.87. The zero-order chi connectivity index (χ0) is 26.9. The number of carbonyl (C=O) groups is 3. The fourth-order valence-corrected chi connectivity index (χ4v) is 4.73. The lowest BCUT2D eigenvalue weighted by Gasteiger charge is -2.45. The molecule has 1 aliphatic rings. The molecule has 194 valence electrons. The molecule has 7 heteroatoms. The van der Waals surface area contributed by atoms with Gasteiger partial charge in [0.15, 0.2) is 0 Å². The number of hydrogen-bond acceptors (Lipinski definition) is 4. The number of anilines is 1. The van der Waals surface area contributed by atoms with Crippen molar-refractivity contribution in [3.05, 3.63) is 77.4 Å². The van der Waals surface area contributed by atoms with Crippen molar-refractivity contribution in [1.29, 1.82) is 0 Å².